The molecule has 0 aliphatic carbocycles. The lowest BCUT2D eigenvalue weighted by Gasteiger charge is -2.32. The highest BCUT2D eigenvalue weighted by molar-refractivity contribution is 8.00. The third kappa shape index (κ3) is 5.57. The van der Waals surface area contributed by atoms with Gasteiger partial charge in [0, 0.05) is 19.0 Å². The van der Waals surface area contributed by atoms with Crippen LogP contribution in [0.5, 0.6) is 0 Å². The minimum absolute atomic E-state index is 0.0177. The highest BCUT2D eigenvalue weighted by Crippen LogP contribution is 2.21. The highest BCUT2D eigenvalue weighted by atomic mass is 32.2. The van der Waals surface area contributed by atoms with Gasteiger partial charge in [-0.25, -0.2) is 0 Å². The molecule has 2 N–H and O–H groups in total. The summed E-state index contributed by atoms with van der Waals surface area (Å²) in [4.78, 5) is 25.5. The summed E-state index contributed by atoms with van der Waals surface area (Å²) in [6.07, 6.45) is 3.54. The summed E-state index contributed by atoms with van der Waals surface area (Å²) in [6.45, 7) is 3.29. The van der Waals surface area contributed by atoms with Gasteiger partial charge in [-0.2, -0.15) is 0 Å². The molecule has 0 spiro atoms. The van der Waals surface area contributed by atoms with E-state index >= 15 is 0 Å². The molecule has 4 nitrogen and oxygen atoms in total. The molecule has 2 rings (SSSR count). The number of nitrogens with zero attached hydrogens (tertiary/aromatic N) is 1. The number of amides is 2. The molecule has 0 radical (unpaired) electrons. The van der Waals surface area contributed by atoms with Gasteiger partial charge in [0.1, 0.15) is 0 Å². The Bertz CT molecular complexity index is 513. The molecule has 0 saturated carbocycles. The number of aryl methyl sites for hydroxylation is 1. The van der Waals surface area contributed by atoms with Crippen LogP contribution in [0.1, 0.15) is 31.7 Å². The number of piperidine rings is 1. The third-order valence-corrected chi connectivity index (χ3v) is 5.60. The number of nitrogens with two attached hydrogens (primary N) is 1. The Kier molecular flexibility index (Phi) is 6.96. The Morgan fingerprint density at radius 2 is 1.91 bits per heavy atom. The Labute approximate surface area is 142 Å². The number of benzene rings is 1. The number of carbonyl (C=O) groups excluding carboxylic acids is 2. The van der Waals surface area contributed by atoms with Gasteiger partial charge in [-0.3, -0.25) is 9.59 Å². The van der Waals surface area contributed by atoms with Crippen LogP contribution >= 0.6 is 11.8 Å². The molecule has 1 aliphatic heterocycles. The van der Waals surface area contributed by atoms with Gasteiger partial charge in [0.25, 0.3) is 0 Å². The zero-order valence-corrected chi connectivity index (χ0v) is 14.6. The zero-order valence-electron chi connectivity index (χ0n) is 13.7. The maximum atomic E-state index is 12.4. The first kappa shape index (κ1) is 17.9. The van der Waals surface area contributed by atoms with E-state index in [0.29, 0.717) is 25.9 Å². The SMILES string of the molecule is C[C@H](SCCCc1ccccc1)C(=O)N1CCC(C(N)=O)CC1. The first-order valence-corrected chi connectivity index (χ1v) is 9.36. The summed E-state index contributed by atoms with van der Waals surface area (Å²) in [6, 6.07) is 10.4. The normalized spacial score (nSPS) is 17.0. The van der Waals surface area contributed by atoms with Crippen LogP contribution in [0.4, 0.5) is 0 Å². The molecule has 0 aromatic heterocycles. The minimum Gasteiger partial charge on any atom is -0.369 e. The van der Waals surface area contributed by atoms with Gasteiger partial charge in [0.15, 0.2) is 0 Å². The third-order valence-electron chi connectivity index (χ3n) is 4.38. The van der Waals surface area contributed by atoms with Crippen molar-refractivity contribution >= 4 is 23.6 Å². The number of thioether (sulfide) groups is 1. The molecule has 126 valence electrons. The number of hydrogen-bond donors (Lipinski definition) is 1. The fraction of sp³-hybridized carbons (Fsp3) is 0.556. The molecule has 2 amide bonds. The van der Waals surface area contributed by atoms with Crippen LogP contribution in [0.15, 0.2) is 30.3 Å². The molecule has 1 aromatic rings. The quantitative estimate of drug-likeness (QED) is 0.779. The van der Waals surface area contributed by atoms with Gasteiger partial charge < -0.3 is 10.6 Å². The predicted molar refractivity (Wildman–Crippen MR) is 95.2 cm³/mol. The second kappa shape index (κ2) is 8.96. The van der Waals surface area contributed by atoms with Crippen molar-refractivity contribution < 1.29 is 9.59 Å². The molecule has 1 fully saturated rings. The molecule has 1 aliphatic rings. The molecule has 1 aromatic carbocycles. The topological polar surface area (TPSA) is 63.4 Å². The molecular formula is C18H26N2O2S. The summed E-state index contributed by atoms with van der Waals surface area (Å²) in [7, 11) is 0. The maximum absolute atomic E-state index is 12.4. The van der Waals surface area contributed by atoms with E-state index in [0.717, 1.165) is 18.6 Å². The van der Waals surface area contributed by atoms with Crippen molar-refractivity contribution in [1.29, 1.82) is 0 Å². The number of likely N-dealkylation sites (tertiary alicyclic amines) is 1. The second-order valence-corrected chi connectivity index (χ2v) is 7.55. The molecule has 1 saturated heterocycles. The molecule has 0 bridgehead atoms. The van der Waals surface area contributed by atoms with Crippen molar-refractivity contribution in [3.05, 3.63) is 35.9 Å². The van der Waals surface area contributed by atoms with Gasteiger partial charge in [-0.1, -0.05) is 30.3 Å². The van der Waals surface area contributed by atoms with Crippen molar-refractivity contribution in [2.24, 2.45) is 11.7 Å². The molecule has 23 heavy (non-hydrogen) atoms. The molecule has 1 heterocycles. The number of carbonyl (C=O) groups is 2. The van der Waals surface area contributed by atoms with Crippen LogP contribution in [0, 0.1) is 5.92 Å². The zero-order chi connectivity index (χ0) is 16.7. The lowest BCUT2D eigenvalue weighted by molar-refractivity contribution is -0.134. The second-order valence-electron chi connectivity index (χ2n) is 6.10. The maximum Gasteiger partial charge on any atom is 0.235 e. The Morgan fingerprint density at radius 3 is 2.52 bits per heavy atom. The lowest BCUT2D eigenvalue weighted by Crippen LogP contribution is -2.44. The van der Waals surface area contributed by atoms with Crippen molar-refractivity contribution in [3.8, 4) is 0 Å². The number of hydrogen-bond acceptors (Lipinski definition) is 3. The Morgan fingerprint density at radius 1 is 1.26 bits per heavy atom. The van der Waals surface area contributed by atoms with Crippen LogP contribution in [0.3, 0.4) is 0 Å². The van der Waals surface area contributed by atoms with Gasteiger partial charge in [-0.05, 0) is 43.9 Å². The fourth-order valence-electron chi connectivity index (χ4n) is 2.89. The van der Waals surface area contributed by atoms with E-state index in [4.69, 9.17) is 5.73 Å². The monoisotopic (exact) mass is 334 g/mol. The minimum atomic E-state index is -0.236. The largest absolute Gasteiger partial charge is 0.369 e. The summed E-state index contributed by atoms with van der Waals surface area (Å²) >= 11 is 1.72. The van der Waals surface area contributed by atoms with E-state index in [1.807, 2.05) is 17.9 Å². The van der Waals surface area contributed by atoms with E-state index in [2.05, 4.69) is 24.3 Å². The van der Waals surface area contributed by atoms with Crippen molar-refractivity contribution in [2.45, 2.75) is 37.9 Å². The van der Waals surface area contributed by atoms with E-state index in [1.165, 1.54) is 5.56 Å². The van der Waals surface area contributed by atoms with E-state index in [9.17, 15) is 9.59 Å². The van der Waals surface area contributed by atoms with E-state index in [1.54, 1.807) is 11.8 Å². The lowest BCUT2D eigenvalue weighted by atomic mass is 9.96. The fourth-order valence-corrected chi connectivity index (χ4v) is 3.85. The first-order chi connectivity index (χ1) is 11.1. The first-order valence-electron chi connectivity index (χ1n) is 8.31. The van der Waals surface area contributed by atoms with E-state index in [-0.39, 0.29) is 23.0 Å². The Balaban J connectivity index is 1.66. The van der Waals surface area contributed by atoms with Gasteiger partial charge >= 0.3 is 0 Å². The summed E-state index contributed by atoms with van der Waals surface area (Å²) in [5, 5.41) is -0.0177. The average molecular weight is 334 g/mol. The predicted octanol–water partition coefficient (Wildman–Crippen LogP) is 2.46. The highest BCUT2D eigenvalue weighted by Gasteiger charge is 2.28. The molecule has 0 unspecified atom stereocenters. The number of rotatable bonds is 7. The van der Waals surface area contributed by atoms with Crippen LogP contribution < -0.4 is 5.73 Å². The summed E-state index contributed by atoms with van der Waals surface area (Å²) in [5.41, 5.74) is 6.68. The Hall–Kier alpha value is -1.49. The summed E-state index contributed by atoms with van der Waals surface area (Å²) < 4.78 is 0. The van der Waals surface area contributed by atoms with Gasteiger partial charge in [-0.15, -0.1) is 11.8 Å². The average Bonchev–Trinajstić information content (AvgIpc) is 2.59. The van der Waals surface area contributed by atoms with Gasteiger partial charge in [0.05, 0.1) is 5.25 Å². The van der Waals surface area contributed by atoms with Crippen molar-refractivity contribution in [1.82, 2.24) is 4.90 Å². The van der Waals surface area contributed by atoms with Crippen molar-refractivity contribution in [3.63, 3.8) is 0 Å². The van der Waals surface area contributed by atoms with Crippen molar-refractivity contribution in [2.75, 3.05) is 18.8 Å². The van der Waals surface area contributed by atoms with Crippen LogP contribution in [-0.4, -0.2) is 40.8 Å². The smallest absolute Gasteiger partial charge is 0.235 e. The van der Waals surface area contributed by atoms with E-state index < -0.39 is 0 Å². The standard InChI is InChI=1S/C18H26N2O2S/c1-14(23-13-5-8-15-6-3-2-4-7-15)18(22)20-11-9-16(10-12-20)17(19)21/h2-4,6-7,14,16H,5,8-13H2,1H3,(H2,19,21)/t14-/m0/s1. The van der Waals surface area contributed by atoms with Crippen LogP contribution in [-0.2, 0) is 16.0 Å². The van der Waals surface area contributed by atoms with Gasteiger partial charge in [0.2, 0.25) is 11.8 Å². The summed E-state index contributed by atoms with van der Waals surface area (Å²) in [5.74, 6) is 0.880. The van der Waals surface area contributed by atoms with Crippen LogP contribution in [0.25, 0.3) is 0 Å². The molecular weight excluding hydrogens is 308 g/mol. The van der Waals surface area contributed by atoms with Crippen LogP contribution in [0.2, 0.25) is 0 Å². The molecule has 5 heteroatoms. The number of primary amides is 1. The molecule has 1 atom stereocenters.